The third-order valence-corrected chi connectivity index (χ3v) is 4.82. The minimum atomic E-state index is -3.31. The summed E-state index contributed by atoms with van der Waals surface area (Å²) in [6.45, 7) is 0.323. The number of sulfonamides is 1. The molecule has 1 fully saturated rings. The normalized spacial score (nSPS) is 20.4. The highest BCUT2D eigenvalue weighted by Gasteiger charge is 2.34. The largest absolute Gasteiger partial charge is 0.394 e. The second-order valence-electron chi connectivity index (χ2n) is 4.77. The van der Waals surface area contributed by atoms with Crippen LogP contribution >= 0.6 is 0 Å². The number of methoxy groups -OCH3 is 1. The molecule has 0 unspecified atom stereocenters. The van der Waals surface area contributed by atoms with Gasteiger partial charge in [0.05, 0.1) is 17.9 Å². The third kappa shape index (κ3) is 4.91. The number of ether oxygens (including phenoxy) is 1. The molecule has 0 aromatic carbocycles. The second kappa shape index (κ2) is 6.68. The summed E-state index contributed by atoms with van der Waals surface area (Å²) < 4.78 is 31.2. The molecule has 0 amide bonds. The zero-order valence-corrected chi connectivity index (χ0v) is 11.3. The van der Waals surface area contributed by atoms with Crippen LogP contribution in [0.25, 0.3) is 0 Å². The molecule has 0 saturated heterocycles. The Labute approximate surface area is 104 Å². The lowest BCUT2D eigenvalue weighted by Gasteiger charge is -2.36. The highest BCUT2D eigenvalue weighted by atomic mass is 32.2. The first-order valence-corrected chi connectivity index (χ1v) is 7.80. The van der Waals surface area contributed by atoms with Crippen LogP contribution in [-0.4, -0.2) is 45.1 Å². The van der Waals surface area contributed by atoms with Gasteiger partial charge in [-0.25, -0.2) is 13.1 Å². The predicted octanol–water partition coefficient (Wildman–Crippen LogP) is 0.637. The van der Waals surface area contributed by atoms with Gasteiger partial charge in [0.1, 0.15) is 0 Å². The van der Waals surface area contributed by atoms with Crippen LogP contribution in [-0.2, 0) is 14.8 Å². The minimum Gasteiger partial charge on any atom is -0.394 e. The minimum absolute atomic E-state index is 0.0581. The van der Waals surface area contributed by atoms with Crippen LogP contribution in [0.3, 0.4) is 0 Å². The van der Waals surface area contributed by atoms with Crippen molar-refractivity contribution in [2.75, 3.05) is 26.1 Å². The molecule has 1 rings (SSSR count). The molecule has 0 aliphatic heterocycles. The first kappa shape index (κ1) is 14.9. The molecular formula is C11H23NO4S. The predicted molar refractivity (Wildman–Crippen MR) is 66.3 cm³/mol. The van der Waals surface area contributed by atoms with Gasteiger partial charge in [-0.1, -0.05) is 19.3 Å². The molecule has 17 heavy (non-hydrogen) atoms. The van der Waals surface area contributed by atoms with Crippen molar-refractivity contribution >= 4 is 10.0 Å². The molecule has 0 aromatic heterocycles. The van der Waals surface area contributed by atoms with Crippen LogP contribution in [0.4, 0.5) is 0 Å². The maximum absolute atomic E-state index is 11.9. The third-order valence-electron chi connectivity index (χ3n) is 3.25. The summed E-state index contributed by atoms with van der Waals surface area (Å²) >= 11 is 0. The van der Waals surface area contributed by atoms with Gasteiger partial charge < -0.3 is 9.84 Å². The van der Waals surface area contributed by atoms with Crippen molar-refractivity contribution in [3.05, 3.63) is 0 Å². The summed E-state index contributed by atoms with van der Waals surface area (Å²) in [6.07, 6.45) is 5.00. The summed E-state index contributed by atoms with van der Waals surface area (Å²) in [5.74, 6) is 0.0581. The van der Waals surface area contributed by atoms with Crippen molar-refractivity contribution in [1.82, 2.24) is 4.72 Å². The van der Waals surface area contributed by atoms with E-state index in [1.165, 1.54) is 0 Å². The first-order chi connectivity index (χ1) is 8.04. The SMILES string of the molecule is COCCCS(=O)(=O)NC1(CO)CCCCC1. The van der Waals surface area contributed by atoms with Crippen LogP contribution in [0.15, 0.2) is 0 Å². The second-order valence-corrected chi connectivity index (χ2v) is 6.61. The zero-order chi connectivity index (χ0) is 12.8. The highest BCUT2D eigenvalue weighted by Crippen LogP contribution is 2.28. The van der Waals surface area contributed by atoms with Gasteiger partial charge in [-0.3, -0.25) is 0 Å². The fraction of sp³-hybridized carbons (Fsp3) is 1.00. The van der Waals surface area contributed by atoms with E-state index >= 15 is 0 Å². The van der Waals surface area contributed by atoms with E-state index in [1.54, 1.807) is 7.11 Å². The Bertz CT molecular complexity index is 309. The molecule has 0 spiro atoms. The molecule has 0 radical (unpaired) electrons. The summed E-state index contributed by atoms with van der Waals surface area (Å²) in [5, 5.41) is 9.42. The number of hydrogen-bond acceptors (Lipinski definition) is 4. The smallest absolute Gasteiger partial charge is 0.212 e. The molecule has 0 bridgehead atoms. The van der Waals surface area contributed by atoms with Crippen LogP contribution in [0.2, 0.25) is 0 Å². The quantitative estimate of drug-likeness (QED) is 0.662. The molecule has 0 atom stereocenters. The van der Waals surface area contributed by atoms with Gasteiger partial charge in [-0.15, -0.1) is 0 Å². The van der Waals surface area contributed by atoms with Crippen LogP contribution in [0.5, 0.6) is 0 Å². The van der Waals surface area contributed by atoms with Gasteiger partial charge in [0.25, 0.3) is 0 Å². The van der Waals surface area contributed by atoms with E-state index in [4.69, 9.17) is 4.74 Å². The molecule has 1 saturated carbocycles. The van der Waals surface area contributed by atoms with Crippen molar-refractivity contribution in [1.29, 1.82) is 0 Å². The number of nitrogens with one attached hydrogen (secondary N) is 1. The van der Waals surface area contributed by atoms with E-state index in [1.807, 2.05) is 0 Å². The number of rotatable bonds is 7. The Hall–Kier alpha value is -0.170. The summed E-state index contributed by atoms with van der Waals surface area (Å²) in [7, 11) is -1.76. The fourth-order valence-electron chi connectivity index (χ4n) is 2.30. The Morgan fingerprint density at radius 1 is 1.29 bits per heavy atom. The summed E-state index contributed by atoms with van der Waals surface area (Å²) in [5.41, 5.74) is -0.621. The Morgan fingerprint density at radius 3 is 2.47 bits per heavy atom. The lowest BCUT2D eigenvalue weighted by Crippen LogP contribution is -2.53. The average molecular weight is 265 g/mol. The van der Waals surface area contributed by atoms with Gasteiger partial charge in [0, 0.05) is 13.7 Å². The average Bonchev–Trinajstić information content (AvgIpc) is 2.30. The topological polar surface area (TPSA) is 75.6 Å². The summed E-state index contributed by atoms with van der Waals surface area (Å²) in [4.78, 5) is 0. The molecular weight excluding hydrogens is 242 g/mol. The van der Waals surface area contributed by atoms with Gasteiger partial charge in [-0.2, -0.15) is 0 Å². The van der Waals surface area contributed by atoms with Gasteiger partial charge in [0.2, 0.25) is 10.0 Å². The van der Waals surface area contributed by atoms with E-state index < -0.39 is 15.6 Å². The zero-order valence-electron chi connectivity index (χ0n) is 10.4. The van der Waals surface area contributed by atoms with Crippen molar-refractivity contribution in [2.45, 2.75) is 44.1 Å². The maximum atomic E-state index is 11.9. The van der Waals surface area contributed by atoms with Crippen LogP contribution in [0, 0.1) is 0 Å². The Kier molecular flexibility index (Phi) is 5.85. The molecule has 1 aliphatic carbocycles. The molecule has 5 nitrogen and oxygen atoms in total. The van der Waals surface area contributed by atoms with Gasteiger partial charge in [0.15, 0.2) is 0 Å². The van der Waals surface area contributed by atoms with E-state index in [0.29, 0.717) is 13.0 Å². The monoisotopic (exact) mass is 265 g/mol. The number of hydrogen-bond donors (Lipinski definition) is 2. The van der Waals surface area contributed by atoms with Gasteiger partial charge >= 0.3 is 0 Å². The van der Waals surface area contributed by atoms with Crippen LogP contribution < -0.4 is 4.72 Å². The number of aliphatic hydroxyl groups excluding tert-OH is 1. The number of aliphatic hydroxyl groups is 1. The van der Waals surface area contributed by atoms with E-state index in [0.717, 1.165) is 32.1 Å². The van der Waals surface area contributed by atoms with E-state index in [9.17, 15) is 13.5 Å². The van der Waals surface area contributed by atoms with Crippen molar-refractivity contribution in [3.8, 4) is 0 Å². The molecule has 0 aromatic rings. The lowest BCUT2D eigenvalue weighted by molar-refractivity contribution is 0.142. The summed E-state index contributed by atoms with van der Waals surface area (Å²) in [6, 6.07) is 0. The lowest BCUT2D eigenvalue weighted by atomic mass is 9.83. The molecule has 2 N–H and O–H groups in total. The maximum Gasteiger partial charge on any atom is 0.212 e. The van der Waals surface area contributed by atoms with E-state index in [-0.39, 0.29) is 12.4 Å². The van der Waals surface area contributed by atoms with E-state index in [2.05, 4.69) is 4.72 Å². The van der Waals surface area contributed by atoms with Crippen molar-refractivity contribution < 1.29 is 18.3 Å². The van der Waals surface area contributed by atoms with Crippen molar-refractivity contribution in [2.24, 2.45) is 0 Å². The Morgan fingerprint density at radius 2 is 1.94 bits per heavy atom. The highest BCUT2D eigenvalue weighted by molar-refractivity contribution is 7.89. The van der Waals surface area contributed by atoms with Gasteiger partial charge in [-0.05, 0) is 19.3 Å². The molecule has 0 heterocycles. The molecule has 102 valence electrons. The Balaban J connectivity index is 2.54. The van der Waals surface area contributed by atoms with Crippen molar-refractivity contribution in [3.63, 3.8) is 0 Å². The molecule has 6 heteroatoms. The first-order valence-electron chi connectivity index (χ1n) is 6.15. The standard InChI is InChI=1S/C11H23NO4S/c1-16-8-5-9-17(14,15)12-11(10-13)6-3-2-4-7-11/h12-13H,2-10H2,1H3. The fourth-order valence-corrected chi connectivity index (χ4v) is 3.82. The molecule has 1 aliphatic rings. The van der Waals surface area contributed by atoms with Crippen LogP contribution in [0.1, 0.15) is 38.5 Å².